The number of rotatable bonds is 0. The molecule has 0 aromatic heterocycles. The van der Waals surface area contributed by atoms with Gasteiger partial charge in [-0.05, 0) is 19.4 Å². The molecular weight excluding hydrogens is 200 g/mol. The molecule has 0 aromatic carbocycles. The molecule has 16 heavy (non-hydrogen) atoms. The zero-order valence-corrected chi connectivity index (χ0v) is 10.9. The minimum atomic E-state index is -0.234. The minimum Gasteiger partial charge on any atom is -0.391 e. The predicted molar refractivity (Wildman–Crippen MR) is 66.4 cm³/mol. The van der Waals surface area contributed by atoms with Gasteiger partial charge in [-0.1, -0.05) is 20.8 Å². The summed E-state index contributed by atoms with van der Waals surface area (Å²) in [6.07, 6.45) is 0.549. The van der Waals surface area contributed by atoms with Crippen LogP contribution >= 0.6 is 0 Å². The fraction of sp³-hybridized carbons (Fsp3) is 0.769. The van der Waals surface area contributed by atoms with E-state index in [9.17, 15) is 5.11 Å². The van der Waals surface area contributed by atoms with Gasteiger partial charge in [0.05, 0.1) is 18.7 Å². The average Bonchev–Trinajstić information content (AvgIpc) is 2.51. The third kappa shape index (κ3) is 1.77. The maximum absolute atomic E-state index is 9.82. The second-order valence-electron chi connectivity index (χ2n) is 5.98. The van der Waals surface area contributed by atoms with Crippen LogP contribution in [0.4, 0.5) is 0 Å². The molecule has 0 amide bonds. The van der Waals surface area contributed by atoms with Crippen molar-refractivity contribution >= 4 is 5.84 Å². The number of nitrogens with zero attached hydrogens (tertiary/aromatic N) is 2. The van der Waals surface area contributed by atoms with Crippen LogP contribution in [0.1, 0.15) is 41.0 Å². The Hall–Kier alpha value is -0.830. The molecule has 2 atom stereocenters. The Kier molecular flexibility index (Phi) is 2.61. The highest BCUT2D eigenvalue weighted by atomic mass is 16.3. The number of fused-ring (bicyclic) bond motifs is 1. The van der Waals surface area contributed by atoms with E-state index in [4.69, 9.17) is 4.99 Å². The first kappa shape index (κ1) is 11.6. The van der Waals surface area contributed by atoms with Crippen molar-refractivity contribution in [2.45, 2.75) is 53.2 Å². The van der Waals surface area contributed by atoms with Gasteiger partial charge in [-0.15, -0.1) is 0 Å². The van der Waals surface area contributed by atoms with Crippen molar-refractivity contribution in [2.24, 2.45) is 10.4 Å². The summed E-state index contributed by atoms with van der Waals surface area (Å²) in [6.45, 7) is 11.5. The van der Waals surface area contributed by atoms with Gasteiger partial charge in [0.25, 0.3) is 0 Å². The van der Waals surface area contributed by atoms with E-state index >= 15 is 0 Å². The lowest BCUT2D eigenvalue weighted by molar-refractivity contribution is 0.187. The van der Waals surface area contributed by atoms with Gasteiger partial charge in [0.15, 0.2) is 0 Å². The number of aliphatic hydroxyl groups excluding tert-OH is 1. The van der Waals surface area contributed by atoms with Gasteiger partial charge < -0.3 is 10.0 Å². The van der Waals surface area contributed by atoms with Gasteiger partial charge in [0.2, 0.25) is 0 Å². The lowest BCUT2D eigenvalue weighted by atomic mass is 9.91. The second-order valence-corrected chi connectivity index (χ2v) is 5.98. The third-order valence-corrected chi connectivity index (χ3v) is 3.47. The van der Waals surface area contributed by atoms with Crippen LogP contribution in [-0.2, 0) is 0 Å². The standard InChI is InChI=1S/C13H22N2O/c1-8-9(2)14-12(13(3,4)5)15-7-10(16)6-11(8)15/h9-10,16H,6-7H2,1-5H3/t9-,10+/m0/s1. The van der Waals surface area contributed by atoms with Gasteiger partial charge in [-0.25, -0.2) is 0 Å². The lowest BCUT2D eigenvalue weighted by Crippen LogP contribution is -2.41. The van der Waals surface area contributed by atoms with E-state index in [0.717, 1.165) is 12.3 Å². The first-order chi connectivity index (χ1) is 7.30. The summed E-state index contributed by atoms with van der Waals surface area (Å²) in [5, 5.41) is 9.82. The quantitative estimate of drug-likeness (QED) is 0.682. The molecule has 2 rings (SSSR count). The summed E-state index contributed by atoms with van der Waals surface area (Å²) in [6, 6.07) is 0.255. The Morgan fingerprint density at radius 2 is 2.00 bits per heavy atom. The summed E-state index contributed by atoms with van der Waals surface area (Å²) in [5.74, 6) is 1.12. The van der Waals surface area contributed by atoms with Crippen molar-refractivity contribution in [3.8, 4) is 0 Å². The first-order valence-electron chi connectivity index (χ1n) is 6.04. The molecule has 1 N–H and O–H groups in total. The lowest BCUT2D eigenvalue weighted by Gasteiger charge is -2.36. The van der Waals surface area contributed by atoms with Gasteiger partial charge >= 0.3 is 0 Å². The van der Waals surface area contributed by atoms with E-state index in [-0.39, 0.29) is 17.6 Å². The highest BCUT2D eigenvalue weighted by molar-refractivity contribution is 5.90. The molecule has 0 bridgehead atoms. The first-order valence-corrected chi connectivity index (χ1v) is 6.04. The Morgan fingerprint density at radius 3 is 2.56 bits per heavy atom. The molecule has 3 heteroatoms. The summed E-state index contributed by atoms with van der Waals surface area (Å²) in [7, 11) is 0. The van der Waals surface area contributed by atoms with Crippen LogP contribution in [-0.4, -0.2) is 34.5 Å². The molecule has 0 saturated carbocycles. The fourth-order valence-electron chi connectivity index (χ4n) is 2.50. The summed E-state index contributed by atoms with van der Waals surface area (Å²) < 4.78 is 0. The summed E-state index contributed by atoms with van der Waals surface area (Å²) in [5.41, 5.74) is 2.65. The maximum Gasteiger partial charge on any atom is 0.109 e. The summed E-state index contributed by atoms with van der Waals surface area (Å²) in [4.78, 5) is 7.01. The Balaban J connectivity index is 2.41. The van der Waals surface area contributed by atoms with E-state index in [0.29, 0.717) is 6.54 Å². The smallest absolute Gasteiger partial charge is 0.109 e. The van der Waals surface area contributed by atoms with E-state index in [2.05, 4.69) is 39.5 Å². The van der Waals surface area contributed by atoms with Gasteiger partial charge in [-0.2, -0.15) is 0 Å². The van der Waals surface area contributed by atoms with Crippen LogP contribution in [0, 0.1) is 5.41 Å². The normalized spacial score (nSPS) is 30.6. The third-order valence-electron chi connectivity index (χ3n) is 3.47. The monoisotopic (exact) mass is 222 g/mol. The second kappa shape index (κ2) is 3.59. The molecule has 0 unspecified atom stereocenters. The molecule has 0 radical (unpaired) electrons. The Labute approximate surface area is 97.9 Å². The van der Waals surface area contributed by atoms with Gasteiger partial charge in [0.1, 0.15) is 5.84 Å². The SMILES string of the molecule is CC1=C2C[C@@H](O)CN2C(C(C)(C)C)=N[C@H]1C. The Morgan fingerprint density at radius 1 is 1.38 bits per heavy atom. The zero-order chi connectivity index (χ0) is 12.1. The highest BCUT2D eigenvalue weighted by Gasteiger charge is 2.38. The average molecular weight is 222 g/mol. The van der Waals surface area contributed by atoms with Gasteiger partial charge in [-0.3, -0.25) is 4.99 Å². The van der Waals surface area contributed by atoms with E-state index in [1.165, 1.54) is 11.3 Å². The molecule has 2 heterocycles. The summed E-state index contributed by atoms with van der Waals surface area (Å²) >= 11 is 0. The van der Waals surface area contributed by atoms with Crippen LogP contribution < -0.4 is 0 Å². The molecule has 0 aromatic rings. The largest absolute Gasteiger partial charge is 0.391 e. The number of hydrogen-bond acceptors (Lipinski definition) is 3. The Bertz CT molecular complexity index is 363. The molecule has 3 nitrogen and oxygen atoms in total. The van der Waals surface area contributed by atoms with E-state index in [1.54, 1.807) is 0 Å². The molecule has 0 spiro atoms. The molecule has 90 valence electrons. The van der Waals surface area contributed by atoms with Crippen LogP contribution in [0.15, 0.2) is 16.3 Å². The number of amidine groups is 1. The van der Waals surface area contributed by atoms with Crippen molar-refractivity contribution in [2.75, 3.05) is 6.54 Å². The van der Waals surface area contributed by atoms with Crippen molar-refractivity contribution in [1.82, 2.24) is 4.90 Å². The highest BCUT2D eigenvalue weighted by Crippen LogP contribution is 2.35. The molecule has 2 aliphatic rings. The van der Waals surface area contributed by atoms with Gasteiger partial charge in [0, 0.05) is 17.5 Å². The van der Waals surface area contributed by atoms with Crippen LogP contribution in [0.3, 0.4) is 0 Å². The van der Waals surface area contributed by atoms with Crippen molar-refractivity contribution in [1.29, 1.82) is 0 Å². The van der Waals surface area contributed by atoms with Crippen LogP contribution in [0.2, 0.25) is 0 Å². The van der Waals surface area contributed by atoms with E-state index in [1.807, 2.05) is 0 Å². The van der Waals surface area contributed by atoms with Crippen molar-refractivity contribution < 1.29 is 5.11 Å². The minimum absolute atomic E-state index is 0.0459. The molecule has 0 aliphatic carbocycles. The predicted octanol–water partition coefficient (Wildman–Crippen LogP) is 2.17. The number of hydrogen-bond donors (Lipinski definition) is 1. The van der Waals surface area contributed by atoms with Crippen LogP contribution in [0.5, 0.6) is 0 Å². The maximum atomic E-state index is 9.82. The zero-order valence-electron chi connectivity index (χ0n) is 10.9. The number of aliphatic imine (C=N–C) groups is 1. The molecular formula is C13H22N2O. The fourth-order valence-corrected chi connectivity index (χ4v) is 2.50. The van der Waals surface area contributed by atoms with Crippen molar-refractivity contribution in [3.05, 3.63) is 11.3 Å². The van der Waals surface area contributed by atoms with Crippen molar-refractivity contribution in [3.63, 3.8) is 0 Å². The molecule has 2 aliphatic heterocycles. The molecule has 1 saturated heterocycles. The topological polar surface area (TPSA) is 35.8 Å². The molecule has 1 fully saturated rings. The van der Waals surface area contributed by atoms with E-state index < -0.39 is 0 Å². The van der Waals surface area contributed by atoms with Crippen LogP contribution in [0.25, 0.3) is 0 Å². The number of aliphatic hydroxyl groups is 1.